The lowest BCUT2D eigenvalue weighted by Crippen LogP contribution is -2.39. The van der Waals surface area contributed by atoms with Gasteiger partial charge in [0.15, 0.2) is 0 Å². The highest BCUT2D eigenvalue weighted by atomic mass is 32.2. The van der Waals surface area contributed by atoms with Crippen molar-refractivity contribution in [2.24, 2.45) is 5.41 Å². The maximum absolute atomic E-state index is 11.5. The molecule has 0 bridgehead atoms. The first-order valence-electron chi connectivity index (χ1n) is 8.35. The summed E-state index contributed by atoms with van der Waals surface area (Å²) < 4.78 is 0. The molecular weight excluding hydrogens is 318 g/mol. The smallest absolute Gasteiger partial charge is 0.310 e. The van der Waals surface area contributed by atoms with E-state index in [0.717, 1.165) is 0 Å². The van der Waals surface area contributed by atoms with Crippen LogP contribution in [0.2, 0.25) is 0 Å². The van der Waals surface area contributed by atoms with E-state index >= 15 is 0 Å². The molecule has 0 amide bonds. The number of nitrogens with one attached hydrogen (secondary N) is 1. The van der Waals surface area contributed by atoms with Gasteiger partial charge < -0.3 is 10.4 Å². The van der Waals surface area contributed by atoms with E-state index in [1.165, 1.54) is 15.4 Å². The molecule has 2 aromatic rings. The Hall–Kier alpha value is -1.78. The van der Waals surface area contributed by atoms with Gasteiger partial charge in [0.1, 0.15) is 0 Å². The van der Waals surface area contributed by atoms with Gasteiger partial charge in [-0.15, -0.1) is 0 Å². The minimum atomic E-state index is -0.713. The van der Waals surface area contributed by atoms with Crippen LogP contribution >= 0.6 is 11.8 Å². The van der Waals surface area contributed by atoms with E-state index in [4.69, 9.17) is 0 Å². The van der Waals surface area contributed by atoms with Gasteiger partial charge in [-0.2, -0.15) is 0 Å². The van der Waals surface area contributed by atoms with Gasteiger partial charge in [-0.3, -0.25) is 4.79 Å². The van der Waals surface area contributed by atoms with Crippen molar-refractivity contribution >= 4 is 17.7 Å². The maximum atomic E-state index is 11.5. The Morgan fingerprint density at radius 3 is 2.12 bits per heavy atom. The molecule has 0 fully saturated rings. The van der Waals surface area contributed by atoms with E-state index in [1.807, 2.05) is 32.0 Å². The molecule has 0 atom stereocenters. The first-order chi connectivity index (χ1) is 11.6. The van der Waals surface area contributed by atoms with Gasteiger partial charge in [0.2, 0.25) is 0 Å². The Labute approximate surface area is 148 Å². The zero-order valence-electron chi connectivity index (χ0n) is 14.3. The van der Waals surface area contributed by atoms with Crippen LogP contribution in [-0.4, -0.2) is 17.6 Å². The molecule has 0 radical (unpaired) electrons. The van der Waals surface area contributed by atoms with Gasteiger partial charge in [0.05, 0.1) is 5.41 Å². The van der Waals surface area contributed by atoms with Gasteiger partial charge in [-0.05, 0) is 42.7 Å². The minimum absolute atomic E-state index is 0.496. The quantitative estimate of drug-likeness (QED) is 0.685. The van der Waals surface area contributed by atoms with E-state index in [2.05, 4.69) is 41.7 Å². The van der Waals surface area contributed by atoms with Crippen LogP contribution in [0.4, 0.5) is 0 Å². The number of benzene rings is 2. The van der Waals surface area contributed by atoms with Crippen LogP contribution < -0.4 is 5.32 Å². The van der Waals surface area contributed by atoms with E-state index in [-0.39, 0.29) is 0 Å². The number of hydrogen-bond acceptors (Lipinski definition) is 3. The maximum Gasteiger partial charge on any atom is 0.310 e. The van der Waals surface area contributed by atoms with Crippen LogP contribution in [0, 0.1) is 5.41 Å². The number of carboxylic acid groups (broad SMARTS) is 1. The fourth-order valence-corrected chi connectivity index (χ4v) is 3.46. The monoisotopic (exact) mass is 343 g/mol. The summed E-state index contributed by atoms with van der Waals surface area (Å²) in [6.45, 7) is 5.06. The molecule has 0 aliphatic carbocycles. The van der Waals surface area contributed by atoms with Gasteiger partial charge in [0, 0.05) is 22.9 Å². The molecule has 0 heterocycles. The number of carbonyl (C=O) groups is 1. The zero-order chi connectivity index (χ0) is 17.4. The van der Waals surface area contributed by atoms with Crippen LogP contribution in [0.25, 0.3) is 0 Å². The molecule has 24 heavy (non-hydrogen) atoms. The Morgan fingerprint density at radius 2 is 1.58 bits per heavy atom. The zero-order valence-corrected chi connectivity index (χ0v) is 15.1. The highest BCUT2D eigenvalue weighted by Crippen LogP contribution is 2.28. The lowest BCUT2D eigenvalue weighted by atomic mass is 9.82. The van der Waals surface area contributed by atoms with Crippen molar-refractivity contribution < 1.29 is 9.90 Å². The molecule has 0 saturated heterocycles. The minimum Gasteiger partial charge on any atom is -0.481 e. The summed E-state index contributed by atoms with van der Waals surface area (Å²) in [6.07, 6.45) is 1.27. The number of aliphatic carboxylic acids is 1. The van der Waals surface area contributed by atoms with E-state index in [1.54, 1.807) is 11.8 Å². The summed E-state index contributed by atoms with van der Waals surface area (Å²) in [6, 6.07) is 18.7. The van der Waals surface area contributed by atoms with Gasteiger partial charge >= 0.3 is 5.97 Å². The molecule has 0 aliphatic heterocycles. The van der Waals surface area contributed by atoms with Gasteiger partial charge in [-0.25, -0.2) is 0 Å². The fraction of sp³-hybridized carbons (Fsp3) is 0.350. The lowest BCUT2D eigenvalue weighted by molar-refractivity contribution is -0.149. The van der Waals surface area contributed by atoms with Gasteiger partial charge in [0.25, 0.3) is 0 Å². The van der Waals surface area contributed by atoms with Crippen molar-refractivity contribution in [3.63, 3.8) is 0 Å². The summed E-state index contributed by atoms with van der Waals surface area (Å²) in [5, 5.41) is 12.8. The Morgan fingerprint density at radius 1 is 1.00 bits per heavy atom. The number of rotatable bonds is 9. The highest BCUT2D eigenvalue weighted by molar-refractivity contribution is 7.99. The summed E-state index contributed by atoms with van der Waals surface area (Å²) in [5.74, 6) is -0.713. The lowest BCUT2D eigenvalue weighted by Gasteiger charge is -2.27. The van der Waals surface area contributed by atoms with Crippen molar-refractivity contribution in [1.82, 2.24) is 5.32 Å². The standard InChI is InChI=1S/C20H25NO2S/c1-3-20(4-2,19(22)23)15-21-14-16-10-12-18(13-11-16)24-17-8-6-5-7-9-17/h5-13,21H,3-4,14-15H2,1-2H3,(H,22,23). The van der Waals surface area contributed by atoms with Crippen molar-refractivity contribution in [3.8, 4) is 0 Å². The predicted molar refractivity (Wildman–Crippen MR) is 99.4 cm³/mol. The second-order valence-corrected chi connectivity index (χ2v) is 7.10. The van der Waals surface area contributed by atoms with Gasteiger partial charge in [-0.1, -0.05) is 55.9 Å². The van der Waals surface area contributed by atoms with Crippen molar-refractivity contribution in [2.75, 3.05) is 6.54 Å². The summed E-state index contributed by atoms with van der Waals surface area (Å²) in [5.41, 5.74) is 0.502. The molecule has 0 unspecified atom stereocenters. The molecule has 2 N–H and O–H groups in total. The van der Waals surface area contributed by atoms with Crippen molar-refractivity contribution in [2.45, 2.75) is 43.0 Å². The van der Waals surface area contributed by atoms with Crippen LogP contribution in [0.15, 0.2) is 64.4 Å². The molecular formula is C20H25NO2S. The average molecular weight is 343 g/mol. The largest absolute Gasteiger partial charge is 0.481 e. The first kappa shape index (κ1) is 18.6. The Balaban J connectivity index is 1.89. The SMILES string of the molecule is CCC(CC)(CNCc1ccc(Sc2ccccc2)cc1)C(=O)O. The second-order valence-electron chi connectivity index (χ2n) is 5.96. The molecule has 4 heteroatoms. The molecule has 2 aromatic carbocycles. The second kappa shape index (κ2) is 8.90. The molecule has 128 valence electrons. The van der Waals surface area contributed by atoms with E-state index < -0.39 is 11.4 Å². The van der Waals surface area contributed by atoms with Crippen LogP contribution in [-0.2, 0) is 11.3 Å². The summed E-state index contributed by atoms with van der Waals surface area (Å²) in [4.78, 5) is 13.9. The van der Waals surface area contributed by atoms with Crippen LogP contribution in [0.1, 0.15) is 32.3 Å². The topological polar surface area (TPSA) is 49.3 Å². The highest BCUT2D eigenvalue weighted by Gasteiger charge is 2.34. The molecule has 0 saturated carbocycles. The average Bonchev–Trinajstić information content (AvgIpc) is 2.61. The summed E-state index contributed by atoms with van der Waals surface area (Å²) in [7, 11) is 0. The number of carboxylic acids is 1. The Bertz CT molecular complexity index is 636. The third-order valence-electron chi connectivity index (χ3n) is 4.50. The fourth-order valence-electron chi connectivity index (χ4n) is 2.62. The third-order valence-corrected chi connectivity index (χ3v) is 5.52. The molecule has 0 aromatic heterocycles. The van der Waals surface area contributed by atoms with E-state index in [9.17, 15) is 9.90 Å². The van der Waals surface area contributed by atoms with Crippen molar-refractivity contribution in [3.05, 3.63) is 60.2 Å². The normalized spacial score (nSPS) is 11.4. The van der Waals surface area contributed by atoms with E-state index in [0.29, 0.717) is 25.9 Å². The molecule has 2 rings (SSSR count). The Kier molecular flexibility index (Phi) is 6.88. The molecule has 0 spiro atoms. The molecule has 3 nitrogen and oxygen atoms in total. The van der Waals surface area contributed by atoms with Crippen LogP contribution in [0.3, 0.4) is 0 Å². The summed E-state index contributed by atoms with van der Waals surface area (Å²) >= 11 is 1.74. The molecule has 0 aliphatic rings. The predicted octanol–water partition coefficient (Wildman–Crippen LogP) is 4.82. The third kappa shape index (κ3) is 4.86. The van der Waals surface area contributed by atoms with Crippen LogP contribution in [0.5, 0.6) is 0 Å². The van der Waals surface area contributed by atoms with Crippen molar-refractivity contribution in [1.29, 1.82) is 0 Å². The first-order valence-corrected chi connectivity index (χ1v) is 9.17. The number of hydrogen-bond donors (Lipinski definition) is 2.